The molecule has 0 radical (unpaired) electrons. The van der Waals surface area contributed by atoms with Gasteiger partial charge >= 0.3 is 0 Å². The Labute approximate surface area is 98.8 Å². The normalized spacial score (nSPS) is 13.3. The summed E-state index contributed by atoms with van der Waals surface area (Å²) in [5.74, 6) is 0.899. The Morgan fingerprint density at radius 2 is 2.20 bits per heavy atom. The molecule has 0 unspecified atom stereocenters. The monoisotopic (exact) mass is 242 g/mol. The van der Waals surface area contributed by atoms with Crippen molar-refractivity contribution in [1.29, 1.82) is 0 Å². The zero-order valence-electron chi connectivity index (χ0n) is 8.67. The first-order valence-electron chi connectivity index (χ1n) is 4.93. The van der Waals surface area contributed by atoms with Gasteiger partial charge in [0.05, 0.1) is 16.4 Å². The van der Waals surface area contributed by atoms with Crippen molar-refractivity contribution in [2.24, 2.45) is 0 Å². The first kappa shape index (κ1) is 10.8. The van der Waals surface area contributed by atoms with Crippen LogP contribution in [0.2, 0.25) is 5.02 Å². The van der Waals surface area contributed by atoms with Gasteiger partial charge in [-0.15, -0.1) is 11.6 Å². The molecule has 0 N–H and O–H groups in total. The highest BCUT2D eigenvalue weighted by atomic mass is 35.5. The number of hydrogen-bond donors (Lipinski definition) is 0. The van der Waals surface area contributed by atoms with Crippen molar-refractivity contribution < 1.29 is 0 Å². The second-order valence-corrected chi connectivity index (χ2v) is 4.55. The first-order valence-corrected chi connectivity index (χ1v) is 5.74. The molecule has 1 atom stereocenters. The molecule has 0 spiro atoms. The summed E-state index contributed by atoms with van der Waals surface area (Å²) in [6.45, 7) is 4.87. The van der Waals surface area contributed by atoms with Gasteiger partial charge in [0.25, 0.3) is 0 Å². The molecule has 0 amide bonds. The number of imidazole rings is 1. The van der Waals surface area contributed by atoms with Crippen LogP contribution in [0.25, 0.3) is 11.0 Å². The lowest BCUT2D eigenvalue weighted by Gasteiger charge is -2.06. The van der Waals surface area contributed by atoms with Crippen LogP contribution in [0.5, 0.6) is 0 Å². The maximum absolute atomic E-state index is 6.08. The summed E-state index contributed by atoms with van der Waals surface area (Å²) in [5.41, 5.74) is 2.00. The third kappa shape index (κ3) is 1.84. The molecule has 1 aromatic carbocycles. The lowest BCUT2D eigenvalue weighted by molar-refractivity contribution is 0.717. The SMILES string of the molecule is CCn1c([C@@H](C)Cl)nc2cc(Cl)ccc21. The number of benzene rings is 1. The van der Waals surface area contributed by atoms with Crippen molar-refractivity contribution in [2.75, 3.05) is 0 Å². The van der Waals surface area contributed by atoms with E-state index in [1.807, 2.05) is 25.1 Å². The third-order valence-electron chi connectivity index (χ3n) is 2.41. The number of halogens is 2. The number of aromatic nitrogens is 2. The molecule has 1 aromatic heterocycles. The Hall–Kier alpha value is -0.730. The van der Waals surface area contributed by atoms with E-state index in [0.717, 1.165) is 23.4 Å². The Morgan fingerprint density at radius 3 is 2.80 bits per heavy atom. The molecule has 0 fully saturated rings. The molecule has 80 valence electrons. The Bertz CT molecular complexity index is 489. The number of rotatable bonds is 2. The van der Waals surface area contributed by atoms with Gasteiger partial charge in [0, 0.05) is 11.6 Å². The van der Waals surface area contributed by atoms with Crippen molar-refractivity contribution in [3.8, 4) is 0 Å². The lowest BCUT2D eigenvalue weighted by atomic mass is 10.3. The topological polar surface area (TPSA) is 17.8 Å². The molecule has 4 heteroatoms. The summed E-state index contributed by atoms with van der Waals surface area (Å²) in [7, 11) is 0. The van der Waals surface area contributed by atoms with Crippen molar-refractivity contribution in [3.05, 3.63) is 29.0 Å². The number of aryl methyl sites for hydroxylation is 1. The van der Waals surface area contributed by atoms with Gasteiger partial charge in [-0.1, -0.05) is 11.6 Å². The molecule has 0 aliphatic rings. The summed E-state index contributed by atoms with van der Waals surface area (Å²) >= 11 is 12.0. The van der Waals surface area contributed by atoms with Gasteiger partial charge in [0.2, 0.25) is 0 Å². The fourth-order valence-corrected chi connectivity index (χ4v) is 2.09. The quantitative estimate of drug-likeness (QED) is 0.728. The van der Waals surface area contributed by atoms with Crippen molar-refractivity contribution >= 4 is 34.2 Å². The van der Waals surface area contributed by atoms with E-state index in [1.165, 1.54) is 0 Å². The summed E-state index contributed by atoms with van der Waals surface area (Å²) in [5, 5.41) is 0.619. The van der Waals surface area contributed by atoms with Crippen LogP contribution in [-0.2, 0) is 6.54 Å². The van der Waals surface area contributed by atoms with Gasteiger partial charge in [-0.25, -0.2) is 4.98 Å². The number of hydrogen-bond acceptors (Lipinski definition) is 1. The average molecular weight is 243 g/mol. The number of fused-ring (bicyclic) bond motifs is 1. The standard InChI is InChI=1S/C11H12Cl2N2/c1-3-15-10-5-4-8(13)6-9(10)14-11(15)7(2)12/h4-7H,3H2,1-2H3/t7-/m1/s1. The first-order chi connectivity index (χ1) is 7.13. The minimum Gasteiger partial charge on any atom is -0.327 e. The van der Waals surface area contributed by atoms with Crippen LogP contribution in [0.4, 0.5) is 0 Å². The maximum Gasteiger partial charge on any atom is 0.127 e. The van der Waals surface area contributed by atoms with Gasteiger partial charge in [-0.05, 0) is 32.0 Å². The summed E-state index contributed by atoms with van der Waals surface area (Å²) in [6.07, 6.45) is 0. The molecule has 0 aliphatic heterocycles. The van der Waals surface area contributed by atoms with Crippen LogP contribution in [0.15, 0.2) is 18.2 Å². The second kappa shape index (κ2) is 4.03. The van der Waals surface area contributed by atoms with Crippen LogP contribution in [-0.4, -0.2) is 9.55 Å². The van der Waals surface area contributed by atoms with Gasteiger partial charge in [0.15, 0.2) is 0 Å². The van der Waals surface area contributed by atoms with Gasteiger partial charge in [0.1, 0.15) is 5.82 Å². The molecule has 2 rings (SSSR count). The molecule has 0 aliphatic carbocycles. The predicted octanol–water partition coefficient (Wildman–Crippen LogP) is 4.01. The van der Waals surface area contributed by atoms with Gasteiger partial charge < -0.3 is 4.57 Å². The summed E-state index contributed by atoms with van der Waals surface area (Å²) < 4.78 is 2.11. The van der Waals surface area contributed by atoms with E-state index in [2.05, 4.69) is 16.5 Å². The van der Waals surface area contributed by atoms with Gasteiger partial charge in [-0.3, -0.25) is 0 Å². The molecule has 0 saturated heterocycles. The molecule has 2 nitrogen and oxygen atoms in total. The number of nitrogens with zero attached hydrogens (tertiary/aromatic N) is 2. The molecular formula is C11H12Cl2N2. The smallest absolute Gasteiger partial charge is 0.127 e. The molecule has 0 bridgehead atoms. The van der Waals surface area contributed by atoms with E-state index < -0.39 is 0 Å². The van der Waals surface area contributed by atoms with Crippen LogP contribution in [0.3, 0.4) is 0 Å². The van der Waals surface area contributed by atoms with E-state index in [9.17, 15) is 0 Å². The van der Waals surface area contributed by atoms with Crippen LogP contribution >= 0.6 is 23.2 Å². The van der Waals surface area contributed by atoms with Crippen molar-refractivity contribution in [2.45, 2.75) is 25.8 Å². The fourth-order valence-electron chi connectivity index (χ4n) is 1.76. The predicted molar refractivity (Wildman–Crippen MR) is 64.7 cm³/mol. The lowest BCUT2D eigenvalue weighted by Crippen LogP contribution is -2.01. The Balaban J connectivity index is 2.73. The minimum atomic E-state index is -0.0869. The van der Waals surface area contributed by atoms with Crippen LogP contribution < -0.4 is 0 Å². The van der Waals surface area contributed by atoms with E-state index in [0.29, 0.717) is 5.02 Å². The molecule has 15 heavy (non-hydrogen) atoms. The maximum atomic E-state index is 6.08. The van der Waals surface area contributed by atoms with Crippen molar-refractivity contribution in [1.82, 2.24) is 9.55 Å². The minimum absolute atomic E-state index is 0.0869. The highest BCUT2D eigenvalue weighted by Crippen LogP contribution is 2.26. The number of alkyl halides is 1. The molecule has 2 aromatic rings. The van der Waals surface area contributed by atoms with Crippen LogP contribution in [0, 0.1) is 0 Å². The second-order valence-electron chi connectivity index (χ2n) is 3.46. The van der Waals surface area contributed by atoms with E-state index >= 15 is 0 Å². The molecule has 0 saturated carbocycles. The highest BCUT2D eigenvalue weighted by molar-refractivity contribution is 6.31. The van der Waals surface area contributed by atoms with E-state index in [-0.39, 0.29) is 5.38 Å². The zero-order valence-corrected chi connectivity index (χ0v) is 10.2. The van der Waals surface area contributed by atoms with E-state index in [4.69, 9.17) is 23.2 Å². The Kier molecular flexibility index (Phi) is 2.89. The third-order valence-corrected chi connectivity index (χ3v) is 2.84. The fraction of sp³-hybridized carbons (Fsp3) is 0.364. The van der Waals surface area contributed by atoms with Crippen molar-refractivity contribution in [3.63, 3.8) is 0 Å². The molecular weight excluding hydrogens is 231 g/mol. The summed E-state index contributed by atoms with van der Waals surface area (Å²) in [6, 6.07) is 5.73. The summed E-state index contributed by atoms with van der Waals surface area (Å²) in [4.78, 5) is 4.49. The largest absolute Gasteiger partial charge is 0.327 e. The average Bonchev–Trinajstić information content (AvgIpc) is 2.55. The molecule has 1 heterocycles. The zero-order chi connectivity index (χ0) is 11.0. The van der Waals surface area contributed by atoms with E-state index in [1.54, 1.807) is 0 Å². The van der Waals surface area contributed by atoms with Gasteiger partial charge in [-0.2, -0.15) is 0 Å². The van der Waals surface area contributed by atoms with Crippen LogP contribution in [0.1, 0.15) is 25.0 Å². The Morgan fingerprint density at radius 1 is 1.47 bits per heavy atom. The highest BCUT2D eigenvalue weighted by Gasteiger charge is 2.13.